The molecule has 0 aliphatic rings. The summed E-state index contributed by atoms with van der Waals surface area (Å²) >= 11 is 0. The fraction of sp³-hybridized carbons (Fsp3) is 0.467. The number of hydrogen-bond donors (Lipinski definition) is 1. The summed E-state index contributed by atoms with van der Waals surface area (Å²) in [7, 11) is 0. The van der Waals surface area contributed by atoms with Gasteiger partial charge in [-0.2, -0.15) is 5.10 Å². The molecule has 20 heavy (non-hydrogen) atoms. The van der Waals surface area contributed by atoms with Crippen molar-refractivity contribution in [1.82, 2.24) is 14.8 Å². The minimum atomic E-state index is -1.05. The Morgan fingerprint density at radius 2 is 2.05 bits per heavy atom. The number of hydrogen-bond acceptors (Lipinski definition) is 3. The Kier molecular flexibility index (Phi) is 4.49. The zero-order chi connectivity index (χ0) is 14.6. The molecule has 1 aromatic heterocycles. The van der Waals surface area contributed by atoms with E-state index in [4.69, 9.17) is 0 Å². The van der Waals surface area contributed by atoms with Gasteiger partial charge in [-0.05, 0) is 25.0 Å². The highest BCUT2D eigenvalue weighted by Crippen LogP contribution is 2.19. The molecule has 1 heterocycles. The predicted molar refractivity (Wildman–Crippen MR) is 74.7 cm³/mol. The number of rotatable bonds is 6. The first kappa shape index (κ1) is 14.7. The lowest BCUT2D eigenvalue weighted by atomic mass is 9.92. The monoisotopic (exact) mass is 277 g/mol. The molecule has 0 spiro atoms. The highest BCUT2D eigenvalue weighted by Gasteiger charge is 2.25. The second-order valence-corrected chi connectivity index (χ2v) is 5.34. The molecule has 1 aromatic carbocycles. The molecule has 0 aliphatic heterocycles. The van der Waals surface area contributed by atoms with E-state index in [1.54, 1.807) is 29.8 Å². The molecule has 0 aliphatic carbocycles. The van der Waals surface area contributed by atoms with E-state index >= 15 is 0 Å². The lowest BCUT2D eigenvalue weighted by Crippen LogP contribution is -2.32. The van der Waals surface area contributed by atoms with Crippen molar-refractivity contribution in [1.29, 1.82) is 0 Å². The molecular formula is C15H20FN3O. The van der Waals surface area contributed by atoms with Gasteiger partial charge in [-0.3, -0.25) is 4.68 Å². The van der Waals surface area contributed by atoms with Crippen molar-refractivity contribution in [2.75, 3.05) is 0 Å². The molecule has 0 radical (unpaired) electrons. The van der Waals surface area contributed by atoms with Crippen molar-refractivity contribution >= 4 is 0 Å². The second-order valence-electron chi connectivity index (χ2n) is 5.34. The maximum Gasteiger partial charge on any atom is 0.138 e. The van der Waals surface area contributed by atoms with Gasteiger partial charge in [0, 0.05) is 19.4 Å². The summed E-state index contributed by atoms with van der Waals surface area (Å²) in [4.78, 5) is 4.18. The highest BCUT2D eigenvalue weighted by molar-refractivity contribution is 5.19. The summed E-state index contributed by atoms with van der Waals surface area (Å²) in [5, 5.41) is 14.6. The van der Waals surface area contributed by atoms with Crippen LogP contribution < -0.4 is 0 Å². The van der Waals surface area contributed by atoms with E-state index in [9.17, 15) is 9.50 Å². The van der Waals surface area contributed by atoms with E-state index in [-0.39, 0.29) is 12.2 Å². The molecule has 0 saturated carbocycles. The lowest BCUT2D eigenvalue weighted by Gasteiger charge is -2.23. The summed E-state index contributed by atoms with van der Waals surface area (Å²) in [6.07, 6.45) is 3.04. The van der Waals surface area contributed by atoms with Crippen LogP contribution in [0.3, 0.4) is 0 Å². The van der Waals surface area contributed by atoms with Crippen molar-refractivity contribution in [2.45, 2.75) is 45.3 Å². The molecule has 1 N–H and O–H groups in total. The van der Waals surface area contributed by atoms with Gasteiger partial charge >= 0.3 is 0 Å². The van der Waals surface area contributed by atoms with E-state index in [1.807, 2.05) is 0 Å². The number of aromatic nitrogens is 3. The van der Waals surface area contributed by atoms with Crippen LogP contribution in [0.4, 0.5) is 4.39 Å². The van der Waals surface area contributed by atoms with Crippen molar-refractivity contribution < 1.29 is 9.50 Å². The van der Waals surface area contributed by atoms with Crippen LogP contribution in [0.5, 0.6) is 0 Å². The third kappa shape index (κ3) is 3.63. The molecular weight excluding hydrogens is 257 g/mol. The van der Waals surface area contributed by atoms with Crippen LogP contribution >= 0.6 is 0 Å². The van der Waals surface area contributed by atoms with Gasteiger partial charge in [0.25, 0.3) is 0 Å². The van der Waals surface area contributed by atoms with E-state index in [0.29, 0.717) is 12.0 Å². The third-order valence-corrected chi connectivity index (χ3v) is 3.20. The van der Waals surface area contributed by atoms with Gasteiger partial charge in [-0.15, -0.1) is 0 Å². The summed E-state index contributed by atoms with van der Waals surface area (Å²) in [6, 6.07) is 6.52. The fourth-order valence-electron chi connectivity index (χ4n) is 2.28. The number of halogens is 1. The Hall–Kier alpha value is -1.75. The van der Waals surface area contributed by atoms with E-state index < -0.39 is 5.60 Å². The standard InChI is InChI=1S/C15H20FN3O/c1-3-8-19-14(17-11-18-19)10-15(2,20)9-12-6-4-5-7-13(12)16/h4-7,11,20H,3,8-10H2,1-2H3. The first-order valence-corrected chi connectivity index (χ1v) is 6.84. The summed E-state index contributed by atoms with van der Waals surface area (Å²) in [6.45, 7) is 4.53. The largest absolute Gasteiger partial charge is 0.389 e. The number of aliphatic hydroxyl groups is 1. The van der Waals surface area contributed by atoms with Crippen molar-refractivity contribution in [3.63, 3.8) is 0 Å². The Morgan fingerprint density at radius 3 is 2.75 bits per heavy atom. The van der Waals surface area contributed by atoms with Crippen molar-refractivity contribution in [3.05, 3.63) is 47.8 Å². The van der Waals surface area contributed by atoms with Gasteiger partial charge in [-0.25, -0.2) is 9.37 Å². The smallest absolute Gasteiger partial charge is 0.138 e. The van der Waals surface area contributed by atoms with Crippen LogP contribution in [0.15, 0.2) is 30.6 Å². The zero-order valence-electron chi connectivity index (χ0n) is 11.9. The molecule has 2 aromatic rings. The molecule has 5 heteroatoms. The average Bonchev–Trinajstić information content (AvgIpc) is 2.79. The van der Waals surface area contributed by atoms with Gasteiger partial charge < -0.3 is 5.11 Å². The minimum Gasteiger partial charge on any atom is -0.389 e. The Labute approximate surface area is 118 Å². The van der Waals surface area contributed by atoms with E-state index in [2.05, 4.69) is 17.0 Å². The first-order valence-electron chi connectivity index (χ1n) is 6.84. The number of aryl methyl sites for hydroxylation is 1. The Balaban J connectivity index is 2.11. The molecule has 4 nitrogen and oxygen atoms in total. The first-order chi connectivity index (χ1) is 9.52. The van der Waals surface area contributed by atoms with Crippen LogP contribution in [0, 0.1) is 5.82 Å². The quantitative estimate of drug-likeness (QED) is 0.882. The SMILES string of the molecule is CCCn1ncnc1CC(C)(O)Cc1ccccc1F. The Morgan fingerprint density at radius 1 is 1.30 bits per heavy atom. The van der Waals surface area contributed by atoms with Gasteiger partial charge in [0.15, 0.2) is 0 Å². The molecule has 1 atom stereocenters. The third-order valence-electron chi connectivity index (χ3n) is 3.20. The van der Waals surface area contributed by atoms with Crippen LogP contribution in [-0.2, 0) is 19.4 Å². The van der Waals surface area contributed by atoms with Crippen LogP contribution in [0.25, 0.3) is 0 Å². The second kappa shape index (κ2) is 6.13. The maximum atomic E-state index is 13.7. The van der Waals surface area contributed by atoms with Crippen LogP contribution in [0.2, 0.25) is 0 Å². The van der Waals surface area contributed by atoms with Gasteiger partial charge in [-0.1, -0.05) is 25.1 Å². The molecule has 2 rings (SSSR count). The highest BCUT2D eigenvalue weighted by atomic mass is 19.1. The number of benzene rings is 1. The van der Waals surface area contributed by atoms with Crippen LogP contribution in [0.1, 0.15) is 31.7 Å². The Bertz CT molecular complexity index is 566. The van der Waals surface area contributed by atoms with Crippen molar-refractivity contribution in [2.24, 2.45) is 0 Å². The molecule has 0 fully saturated rings. The van der Waals surface area contributed by atoms with E-state index in [1.165, 1.54) is 12.4 Å². The molecule has 1 unspecified atom stereocenters. The zero-order valence-corrected chi connectivity index (χ0v) is 11.9. The lowest BCUT2D eigenvalue weighted by molar-refractivity contribution is 0.0566. The molecule has 108 valence electrons. The van der Waals surface area contributed by atoms with Gasteiger partial charge in [0.2, 0.25) is 0 Å². The fourth-order valence-corrected chi connectivity index (χ4v) is 2.28. The molecule has 0 amide bonds. The molecule has 0 bridgehead atoms. The topological polar surface area (TPSA) is 50.9 Å². The summed E-state index contributed by atoms with van der Waals surface area (Å²) in [5.41, 5.74) is -0.542. The normalized spacial score (nSPS) is 14.2. The maximum absolute atomic E-state index is 13.7. The minimum absolute atomic E-state index is 0.249. The van der Waals surface area contributed by atoms with Gasteiger partial charge in [0.05, 0.1) is 5.60 Å². The average molecular weight is 277 g/mol. The van der Waals surface area contributed by atoms with Crippen molar-refractivity contribution in [3.8, 4) is 0 Å². The van der Waals surface area contributed by atoms with Crippen LogP contribution in [-0.4, -0.2) is 25.5 Å². The van der Waals surface area contributed by atoms with E-state index in [0.717, 1.165) is 18.8 Å². The summed E-state index contributed by atoms with van der Waals surface area (Å²) in [5.74, 6) is 0.441. The predicted octanol–water partition coefficient (Wildman–Crippen LogP) is 2.36. The molecule has 0 saturated heterocycles. The van der Waals surface area contributed by atoms with Gasteiger partial charge in [0.1, 0.15) is 18.0 Å². The summed E-state index contributed by atoms with van der Waals surface area (Å²) < 4.78 is 15.4. The number of nitrogens with zero attached hydrogens (tertiary/aromatic N) is 3.